The summed E-state index contributed by atoms with van der Waals surface area (Å²) >= 11 is 0. The number of carbonyl (C=O) groups excluding carboxylic acids is 1. The van der Waals surface area contributed by atoms with Crippen LogP contribution in [-0.2, 0) is 4.79 Å². The standard InChI is InChI=1S/C15H15N3O/c19-13-8-10-18(11-9-13)15-7-6-14(16-17-15)12-4-2-1-3-5-12/h1-7H,8-11H2. The molecule has 1 aliphatic heterocycles. The van der Waals surface area contributed by atoms with Crippen LogP contribution >= 0.6 is 0 Å². The minimum absolute atomic E-state index is 0.338. The van der Waals surface area contributed by atoms with Crippen LogP contribution in [0.15, 0.2) is 42.5 Å². The predicted octanol–water partition coefficient (Wildman–Crippen LogP) is 2.31. The summed E-state index contributed by atoms with van der Waals surface area (Å²) in [5.74, 6) is 1.19. The third-order valence-corrected chi connectivity index (χ3v) is 3.37. The zero-order valence-corrected chi connectivity index (χ0v) is 10.6. The SMILES string of the molecule is O=C1CCN(c2ccc(-c3ccccc3)nn2)CC1. The Bertz CT molecular complexity index is 556. The van der Waals surface area contributed by atoms with Crippen molar-refractivity contribution in [1.82, 2.24) is 10.2 Å². The van der Waals surface area contributed by atoms with Crippen LogP contribution in [0.5, 0.6) is 0 Å². The number of aromatic nitrogens is 2. The van der Waals surface area contributed by atoms with Gasteiger partial charge in [-0.15, -0.1) is 10.2 Å². The first kappa shape index (κ1) is 11.8. The summed E-state index contributed by atoms with van der Waals surface area (Å²) in [6, 6.07) is 13.9. The van der Waals surface area contributed by atoms with E-state index in [4.69, 9.17) is 0 Å². The predicted molar refractivity (Wildman–Crippen MR) is 73.9 cm³/mol. The maximum Gasteiger partial charge on any atom is 0.151 e. The van der Waals surface area contributed by atoms with Gasteiger partial charge in [0.1, 0.15) is 5.78 Å². The first-order valence-corrected chi connectivity index (χ1v) is 6.49. The lowest BCUT2D eigenvalue weighted by Crippen LogP contribution is -2.34. The second-order valence-corrected chi connectivity index (χ2v) is 4.67. The van der Waals surface area contributed by atoms with Crippen molar-refractivity contribution in [3.05, 3.63) is 42.5 Å². The number of benzene rings is 1. The van der Waals surface area contributed by atoms with Crippen molar-refractivity contribution in [2.45, 2.75) is 12.8 Å². The highest BCUT2D eigenvalue weighted by molar-refractivity contribution is 5.80. The van der Waals surface area contributed by atoms with Crippen molar-refractivity contribution < 1.29 is 4.79 Å². The van der Waals surface area contributed by atoms with Gasteiger partial charge in [-0.3, -0.25) is 4.79 Å². The van der Waals surface area contributed by atoms with Crippen molar-refractivity contribution >= 4 is 11.6 Å². The highest BCUT2D eigenvalue weighted by Crippen LogP contribution is 2.19. The molecule has 0 unspecified atom stereocenters. The van der Waals surface area contributed by atoms with Gasteiger partial charge in [0.05, 0.1) is 5.69 Å². The Morgan fingerprint density at radius 3 is 2.26 bits per heavy atom. The van der Waals surface area contributed by atoms with E-state index in [9.17, 15) is 4.79 Å². The Balaban J connectivity index is 1.78. The van der Waals surface area contributed by atoms with Crippen molar-refractivity contribution in [1.29, 1.82) is 0 Å². The van der Waals surface area contributed by atoms with Crippen LogP contribution in [0.1, 0.15) is 12.8 Å². The second kappa shape index (κ2) is 5.18. The molecule has 4 heteroatoms. The third kappa shape index (κ3) is 2.62. The minimum atomic E-state index is 0.338. The van der Waals surface area contributed by atoms with Crippen LogP contribution in [-0.4, -0.2) is 29.1 Å². The summed E-state index contributed by atoms with van der Waals surface area (Å²) in [7, 11) is 0. The number of Topliss-reactive ketones (excluding diaryl/α,β-unsaturated/α-hetero) is 1. The second-order valence-electron chi connectivity index (χ2n) is 4.67. The molecule has 0 amide bonds. The molecule has 0 saturated carbocycles. The average Bonchev–Trinajstić information content (AvgIpc) is 2.49. The first-order valence-electron chi connectivity index (χ1n) is 6.49. The van der Waals surface area contributed by atoms with Gasteiger partial charge in [0.25, 0.3) is 0 Å². The van der Waals surface area contributed by atoms with Crippen molar-refractivity contribution in [3.8, 4) is 11.3 Å². The number of nitrogens with zero attached hydrogens (tertiary/aromatic N) is 3. The lowest BCUT2D eigenvalue weighted by molar-refractivity contribution is -0.119. The molecule has 1 saturated heterocycles. The Morgan fingerprint density at radius 1 is 0.895 bits per heavy atom. The van der Waals surface area contributed by atoms with E-state index >= 15 is 0 Å². The van der Waals surface area contributed by atoms with E-state index in [-0.39, 0.29) is 0 Å². The largest absolute Gasteiger partial charge is 0.354 e. The van der Waals surface area contributed by atoms with Gasteiger partial charge >= 0.3 is 0 Å². The fourth-order valence-electron chi connectivity index (χ4n) is 2.24. The molecule has 4 nitrogen and oxygen atoms in total. The molecule has 1 aliphatic rings. The van der Waals surface area contributed by atoms with Crippen molar-refractivity contribution in [2.75, 3.05) is 18.0 Å². The van der Waals surface area contributed by atoms with Crippen LogP contribution in [0.25, 0.3) is 11.3 Å². The molecule has 19 heavy (non-hydrogen) atoms. The van der Waals surface area contributed by atoms with Crippen LogP contribution < -0.4 is 4.90 Å². The van der Waals surface area contributed by atoms with Gasteiger partial charge in [0, 0.05) is 31.5 Å². The van der Waals surface area contributed by atoms with E-state index in [1.165, 1.54) is 0 Å². The highest BCUT2D eigenvalue weighted by atomic mass is 16.1. The fraction of sp³-hybridized carbons (Fsp3) is 0.267. The summed E-state index contributed by atoms with van der Waals surface area (Å²) in [4.78, 5) is 13.3. The molecule has 96 valence electrons. The molecule has 0 bridgehead atoms. The zero-order chi connectivity index (χ0) is 13.1. The molecule has 2 heterocycles. The molecule has 2 aromatic rings. The molecule has 0 atom stereocenters. The molecular weight excluding hydrogens is 238 g/mol. The smallest absolute Gasteiger partial charge is 0.151 e. The normalized spacial score (nSPS) is 15.6. The summed E-state index contributed by atoms with van der Waals surface area (Å²) in [6.07, 6.45) is 1.23. The highest BCUT2D eigenvalue weighted by Gasteiger charge is 2.17. The molecule has 1 aromatic carbocycles. The van der Waals surface area contributed by atoms with Gasteiger partial charge in [-0.1, -0.05) is 30.3 Å². The van der Waals surface area contributed by atoms with Crippen LogP contribution in [0.2, 0.25) is 0 Å². The van der Waals surface area contributed by atoms with E-state index in [0.29, 0.717) is 18.6 Å². The number of hydrogen-bond donors (Lipinski definition) is 0. The molecule has 0 N–H and O–H groups in total. The molecule has 1 aromatic heterocycles. The zero-order valence-electron chi connectivity index (χ0n) is 10.6. The minimum Gasteiger partial charge on any atom is -0.354 e. The Kier molecular flexibility index (Phi) is 3.23. The Hall–Kier alpha value is -2.23. The average molecular weight is 253 g/mol. The van der Waals surface area contributed by atoms with Gasteiger partial charge in [0.15, 0.2) is 5.82 Å². The van der Waals surface area contributed by atoms with E-state index in [0.717, 1.165) is 30.2 Å². The molecule has 3 rings (SSSR count). The van der Waals surface area contributed by atoms with Crippen molar-refractivity contribution in [2.24, 2.45) is 0 Å². The summed E-state index contributed by atoms with van der Waals surface area (Å²) in [5, 5.41) is 8.53. The maximum absolute atomic E-state index is 11.2. The summed E-state index contributed by atoms with van der Waals surface area (Å²) < 4.78 is 0. The number of rotatable bonds is 2. The van der Waals surface area contributed by atoms with Gasteiger partial charge in [-0.2, -0.15) is 0 Å². The molecule has 0 spiro atoms. The van der Waals surface area contributed by atoms with E-state index in [1.807, 2.05) is 42.5 Å². The molecule has 1 fully saturated rings. The van der Waals surface area contributed by atoms with Gasteiger partial charge in [-0.25, -0.2) is 0 Å². The number of anilines is 1. The summed E-state index contributed by atoms with van der Waals surface area (Å²) in [6.45, 7) is 1.50. The van der Waals surface area contributed by atoms with Gasteiger partial charge < -0.3 is 4.90 Å². The van der Waals surface area contributed by atoms with Gasteiger partial charge in [-0.05, 0) is 12.1 Å². The van der Waals surface area contributed by atoms with E-state index in [2.05, 4.69) is 15.1 Å². The third-order valence-electron chi connectivity index (χ3n) is 3.37. The molecule has 0 radical (unpaired) electrons. The summed E-state index contributed by atoms with van der Waals surface area (Å²) in [5.41, 5.74) is 1.94. The number of piperidine rings is 1. The quantitative estimate of drug-likeness (QED) is 0.824. The monoisotopic (exact) mass is 253 g/mol. The lowest BCUT2D eigenvalue weighted by atomic mass is 10.1. The molecule has 0 aliphatic carbocycles. The van der Waals surface area contributed by atoms with E-state index in [1.54, 1.807) is 0 Å². The maximum atomic E-state index is 11.2. The van der Waals surface area contributed by atoms with Crippen LogP contribution in [0, 0.1) is 0 Å². The number of ketones is 1. The number of hydrogen-bond acceptors (Lipinski definition) is 4. The first-order chi connectivity index (χ1) is 9.33. The lowest BCUT2D eigenvalue weighted by Gasteiger charge is -2.26. The molecular formula is C15H15N3O. The fourth-order valence-corrected chi connectivity index (χ4v) is 2.24. The Labute approximate surface area is 112 Å². The van der Waals surface area contributed by atoms with Crippen LogP contribution in [0.4, 0.5) is 5.82 Å². The van der Waals surface area contributed by atoms with Crippen LogP contribution in [0.3, 0.4) is 0 Å². The topological polar surface area (TPSA) is 46.1 Å². The Morgan fingerprint density at radius 2 is 1.63 bits per heavy atom. The number of carbonyl (C=O) groups is 1. The van der Waals surface area contributed by atoms with Crippen molar-refractivity contribution in [3.63, 3.8) is 0 Å². The van der Waals surface area contributed by atoms with Gasteiger partial charge in [0.2, 0.25) is 0 Å². The van der Waals surface area contributed by atoms with E-state index < -0.39 is 0 Å².